The van der Waals surface area contributed by atoms with Crippen molar-refractivity contribution in [1.29, 1.82) is 0 Å². The largest absolute Gasteiger partial charge is 0.344 e. The van der Waals surface area contributed by atoms with E-state index in [9.17, 15) is 9.59 Å². The number of rotatable bonds is 4. The number of benzene rings is 2. The summed E-state index contributed by atoms with van der Waals surface area (Å²) in [5.74, 6) is -0.00223. The zero-order valence-electron chi connectivity index (χ0n) is 14.1. The molecule has 0 spiro atoms. The lowest BCUT2D eigenvalue weighted by Crippen LogP contribution is -2.29. The molecule has 5 nitrogen and oxygen atoms in total. The highest BCUT2D eigenvalue weighted by Crippen LogP contribution is 2.15. The van der Waals surface area contributed by atoms with Crippen molar-refractivity contribution < 1.29 is 4.79 Å². The zero-order chi connectivity index (χ0) is 17.8. The van der Waals surface area contributed by atoms with Gasteiger partial charge in [-0.1, -0.05) is 60.2 Å². The number of aromatic amines is 1. The Kier molecular flexibility index (Phi) is 4.75. The van der Waals surface area contributed by atoms with Crippen LogP contribution in [0.5, 0.6) is 0 Å². The quantitative estimate of drug-likeness (QED) is 0.770. The van der Waals surface area contributed by atoms with E-state index in [4.69, 9.17) is 0 Å². The third kappa shape index (κ3) is 4.01. The number of hydrogen-bond acceptors (Lipinski definition) is 3. The molecule has 1 aromatic heterocycles. The van der Waals surface area contributed by atoms with Crippen LogP contribution in [0, 0.1) is 6.92 Å². The minimum atomic E-state index is -0.378. The van der Waals surface area contributed by atoms with Gasteiger partial charge in [-0.15, -0.1) is 0 Å². The fourth-order valence-corrected chi connectivity index (χ4v) is 2.52. The lowest BCUT2D eigenvalue weighted by Gasteiger charge is -2.14. The molecule has 0 saturated carbocycles. The van der Waals surface area contributed by atoms with Gasteiger partial charge in [0.15, 0.2) is 0 Å². The normalized spacial score (nSPS) is 11.8. The molecular formula is C20H19N3O2. The zero-order valence-corrected chi connectivity index (χ0v) is 14.1. The van der Waals surface area contributed by atoms with Crippen LogP contribution < -0.4 is 10.9 Å². The molecule has 2 aromatic carbocycles. The minimum Gasteiger partial charge on any atom is -0.344 e. The second kappa shape index (κ2) is 7.13. The van der Waals surface area contributed by atoms with Crippen LogP contribution in [0.1, 0.15) is 34.6 Å². The third-order valence-electron chi connectivity index (χ3n) is 3.95. The Hall–Kier alpha value is -3.21. The van der Waals surface area contributed by atoms with E-state index in [0.717, 1.165) is 16.7 Å². The van der Waals surface area contributed by atoms with E-state index in [1.54, 1.807) is 0 Å². The first-order valence-electron chi connectivity index (χ1n) is 8.07. The maximum Gasteiger partial charge on any atom is 0.270 e. The fraction of sp³-hybridized carbons (Fsp3) is 0.150. The summed E-state index contributed by atoms with van der Waals surface area (Å²) in [7, 11) is 0. The highest BCUT2D eigenvalue weighted by atomic mass is 16.2. The number of carbonyl (C=O) groups is 1. The molecule has 0 aliphatic carbocycles. The van der Waals surface area contributed by atoms with Crippen LogP contribution in [0.25, 0.3) is 11.4 Å². The second-order valence-corrected chi connectivity index (χ2v) is 5.95. The molecule has 0 radical (unpaired) electrons. The van der Waals surface area contributed by atoms with Gasteiger partial charge in [0.25, 0.3) is 11.5 Å². The molecule has 3 rings (SSSR count). The Balaban J connectivity index is 1.83. The van der Waals surface area contributed by atoms with Gasteiger partial charge in [0, 0.05) is 11.6 Å². The summed E-state index contributed by atoms with van der Waals surface area (Å²) < 4.78 is 0. The maximum atomic E-state index is 12.5. The standard InChI is InChI=1S/C20H19N3O2/c1-13-8-10-15(11-9-13)14(2)21-20(25)17-12-18(24)23-19(22-17)16-6-4-3-5-7-16/h3-12,14H,1-2H3,(H,21,25)(H,22,23,24). The van der Waals surface area contributed by atoms with Crippen LogP contribution >= 0.6 is 0 Å². The highest BCUT2D eigenvalue weighted by molar-refractivity contribution is 5.92. The van der Waals surface area contributed by atoms with E-state index >= 15 is 0 Å². The fourth-order valence-electron chi connectivity index (χ4n) is 2.52. The van der Waals surface area contributed by atoms with Gasteiger partial charge in [0.05, 0.1) is 6.04 Å². The number of aryl methyl sites for hydroxylation is 1. The van der Waals surface area contributed by atoms with Crippen molar-refractivity contribution in [1.82, 2.24) is 15.3 Å². The van der Waals surface area contributed by atoms with Crippen molar-refractivity contribution in [3.8, 4) is 11.4 Å². The molecule has 0 aliphatic rings. The lowest BCUT2D eigenvalue weighted by molar-refractivity contribution is 0.0934. The highest BCUT2D eigenvalue weighted by Gasteiger charge is 2.14. The molecule has 1 heterocycles. The molecule has 0 bridgehead atoms. The van der Waals surface area contributed by atoms with Crippen LogP contribution in [0.4, 0.5) is 0 Å². The molecule has 0 saturated heterocycles. The van der Waals surface area contributed by atoms with Crippen molar-refractivity contribution in [2.75, 3.05) is 0 Å². The first-order chi connectivity index (χ1) is 12.0. The molecule has 1 atom stereocenters. The van der Waals surface area contributed by atoms with Gasteiger partial charge < -0.3 is 10.3 Å². The first kappa shape index (κ1) is 16.6. The first-order valence-corrected chi connectivity index (χ1v) is 8.07. The van der Waals surface area contributed by atoms with Gasteiger partial charge >= 0.3 is 0 Å². The summed E-state index contributed by atoms with van der Waals surface area (Å²) in [4.78, 5) is 31.4. The van der Waals surface area contributed by atoms with E-state index in [1.807, 2.05) is 68.4 Å². The SMILES string of the molecule is Cc1ccc(C(C)NC(=O)c2cc(=O)[nH]c(-c3ccccc3)n2)cc1. The summed E-state index contributed by atoms with van der Waals surface area (Å²) in [6.07, 6.45) is 0. The minimum absolute atomic E-state index is 0.0987. The predicted molar refractivity (Wildman–Crippen MR) is 97.4 cm³/mol. The predicted octanol–water partition coefficient (Wildman–Crippen LogP) is 3.24. The average Bonchev–Trinajstić information content (AvgIpc) is 2.62. The third-order valence-corrected chi connectivity index (χ3v) is 3.95. The van der Waals surface area contributed by atoms with E-state index in [0.29, 0.717) is 5.82 Å². The van der Waals surface area contributed by atoms with E-state index < -0.39 is 0 Å². The average molecular weight is 333 g/mol. The smallest absolute Gasteiger partial charge is 0.270 e. The summed E-state index contributed by atoms with van der Waals surface area (Å²) >= 11 is 0. The summed E-state index contributed by atoms with van der Waals surface area (Å²) in [6.45, 7) is 3.91. The van der Waals surface area contributed by atoms with Crippen LogP contribution in [0.15, 0.2) is 65.5 Å². The number of aromatic nitrogens is 2. The summed E-state index contributed by atoms with van der Waals surface area (Å²) in [5, 5.41) is 2.88. The van der Waals surface area contributed by atoms with E-state index in [-0.39, 0.29) is 23.2 Å². The summed E-state index contributed by atoms with van der Waals surface area (Å²) in [6, 6.07) is 18.2. The Morgan fingerprint density at radius 1 is 1.08 bits per heavy atom. The molecule has 0 aliphatic heterocycles. The van der Waals surface area contributed by atoms with Gasteiger partial charge in [-0.25, -0.2) is 4.98 Å². The molecule has 2 N–H and O–H groups in total. The Bertz CT molecular complexity index is 931. The maximum absolute atomic E-state index is 12.5. The van der Waals surface area contributed by atoms with Crippen LogP contribution in [0.3, 0.4) is 0 Å². The van der Waals surface area contributed by atoms with Crippen molar-refractivity contribution in [3.63, 3.8) is 0 Å². The number of nitrogens with one attached hydrogen (secondary N) is 2. The monoisotopic (exact) mass is 333 g/mol. The van der Waals surface area contributed by atoms with Crippen molar-refractivity contribution >= 4 is 5.91 Å². The van der Waals surface area contributed by atoms with Crippen LogP contribution in [0.2, 0.25) is 0 Å². The lowest BCUT2D eigenvalue weighted by atomic mass is 10.1. The number of amides is 1. The Labute approximate surface area is 145 Å². The second-order valence-electron chi connectivity index (χ2n) is 5.95. The Morgan fingerprint density at radius 2 is 1.76 bits per heavy atom. The number of carbonyl (C=O) groups excluding carboxylic acids is 1. The topological polar surface area (TPSA) is 74.8 Å². The molecule has 0 fully saturated rings. The number of hydrogen-bond donors (Lipinski definition) is 2. The van der Waals surface area contributed by atoms with Crippen molar-refractivity contribution in [3.05, 3.63) is 87.8 Å². The molecule has 25 heavy (non-hydrogen) atoms. The molecule has 1 unspecified atom stereocenters. The Morgan fingerprint density at radius 3 is 2.44 bits per heavy atom. The van der Waals surface area contributed by atoms with E-state index in [2.05, 4.69) is 15.3 Å². The van der Waals surface area contributed by atoms with Gasteiger partial charge in [-0.3, -0.25) is 9.59 Å². The molecule has 5 heteroatoms. The van der Waals surface area contributed by atoms with Gasteiger partial charge in [-0.05, 0) is 19.4 Å². The van der Waals surface area contributed by atoms with Gasteiger partial charge in [-0.2, -0.15) is 0 Å². The van der Waals surface area contributed by atoms with Crippen molar-refractivity contribution in [2.45, 2.75) is 19.9 Å². The van der Waals surface area contributed by atoms with Crippen LogP contribution in [-0.4, -0.2) is 15.9 Å². The van der Waals surface area contributed by atoms with Crippen LogP contribution in [-0.2, 0) is 0 Å². The van der Waals surface area contributed by atoms with Gasteiger partial charge in [0.2, 0.25) is 0 Å². The molecule has 1 amide bonds. The van der Waals surface area contributed by atoms with Gasteiger partial charge in [0.1, 0.15) is 11.5 Å². The molecule has 126 valence electrons. The van der Waals surface area contributed by atoms with E-state index in [1.165, 1.54) is 6.07 Å². The molecule has 3 aromatic rings. The van der Waals surface area contributed by atoms with Crippen molar-refractivity contribution in [2.24, 2.45) is 0 Å². The number of nitrogens with zero attached hydrogens (tertiary/aromatic N) is 1. The number of H-pyrrole nitrogens is 1. The summed E-state index contributed by atoms with van der Waals surface area (Å²) in [5.41, 5.74) is 2.64. The molecular weight excluding hydrogens is 314 g/mol.